The van der Waals surface area contributed by atoms with Crippen molar-refractivity contribution in [3.63, 3.8) is 0 Å². The molecule has 1 aromatic carbocycles. The van der Waals surface area contributed by atoms with Gasteiger partial charge in [0.2, 0.25) is 0 Å². The topological polar surface area (TPSA) is 0 Å². The van der Waals surface area contributed by atoms with Crippen molar-refractivity contribution in [1.82, 2.24) is 0 Å². The Morgan fingerprint density at radius 1 is 1.17 bits per heavy atom. The highest BCUT2D eigenvalue weighted by molar-refractivity contribution is 5.14. The monoisotopic (exact) mass is 164 g/mol. The molecule has 1 aromatic rings. The summed E-state index contributed by atoms with van der Waals surface area (Å²) in [5.74, 6) is 0.817. The second-order valence-corrected chi connectivity index (χ2v) is 3.20. The highest BCUT2D eigenvalue weighted by atomic mass is 14.0. The van der Waals surface area contributed by atoms with Crippen LogP contribution < -0.4 is 0 Å². The standard InChI is InChI=1S/C11H16.CH4/c1-3-10(2)9-11-7-5-4-6-8-11;/h4-8,10H,3,9H2,1-2H3;1H4/t10-;/m1./s1. The van der Waals surface area contributed by atoms with Crippen LogP contribution in [0.4, 0.5) is 0 Å². The molecule has 0 unspecified atom stereocenters. The first kappa shape index (κ1) is 11.2. The molecule has 0 nitrogen and oxygen atoms in total. The van der Waals surface area contributed by atoms with E-state index >= 15 is 0 Å². The van der Waals surface area contributed by atoms with E-state index in [9.17, 15) is 0 Å². The summed E-state index contributed by atoms with van der Waals surface area (Å²) in [5, 5.41) is 0. The van der Waals surface area contributed by atoms with Crippen LogP contribution in [0.2, 0.25) is 0 Å². The average molecular weight is 164 g/mol. The summed E-state index contributed by atoms with van der Waals surface area (Å²) in [4.78, 5) is 0. The van der Waals surface area contributed by atoms with Gasteiger partial charge in [0.05, 0.1) is 0 Å². The van der Waals surface area contributed by atoms with E-state index in [-0.39, 0.29) is 7.43 Å². The van der Waals surface area contributed by atoms with Crippen molar-refractivity contribution < 1.29 is 0 Å². The summed E-state index contributed by atoms with van der Waals surface area (Å²) in [6, 6.07) is 10.7. The highest BCUT2D eigenvalue weighted by Crippen LogP contribution is 2.10. The van der Waals surface area contributed by atoms with Gasteiger partial charge in [-0.3, -0.25) is 0 Å². The van der Waals surface area contributed by atoms with Gasteiger partial charge in [-0.25, -0.2) is 0 Å². The Balaban J connectivity index is 0.00000121. The third-order valence-electron chi connectivity index (χ3n) is 2.12. The molecule has 0 heterocycles. The lowest BCUT2D eigenvalue weighted by molar-refractivity contribution is 0.560. The van der Waals surface area contributed by atoms with Crippen LogP contribution in [-0.4, -0.2) is 0 Å². The lowest BCUT2D eigenvalue weighted by Crippen LogP contribution is -1.96. The van der Waals surface area contributed by atoms with E-state index in [1.54, 1.807) is 0 Å². The van der Waals surface area contributed by atoms with Crippen molar-refractivity contribution in [1.29, 1.82) is 0 Å². The summed E-state index contributed by atoms with van der Waals surface area (Å²) >= 11 is 0. The average Bonchev–Trinajstić information content (AvgIpc) is 2.06. The fourth-order valence-electron chi connectivity index (χ4n) is 1.16. The molecule has 0 N–H and O–H groups in total. The lowest BCUT2D eigenvalue weighted by Gasteiger charge is -2.06. The van der Waals surface area contributed by atoms with Gasteiger partial charge in [0, 0.05) is 0 Å². The molecule has 0 aromatic heterocycles. The van der Waals surface area contributed by atoms with Crippen LogP contribution in [0.3, 0.4) is 0 Å². The summed E-state index contributed by atoms with van der Waals surface area (Å²) in [6.07, 6.45) is 2.49. The van der Waals surface area contributed by atoms with Gasteiger partial charge in [-0.05, 0) is 17.9 Å². The molecule has 0 fully saturated rings. The molecule has 0 saturated carbocycles. The minimum atomic E-state index is 0. The van der Waals surface area contributed by atoms with Crippen molar-refractivity contribution in [2.24, 2.45) is 5.92 Å². The van der Waals surface area contributed by atoms with Crippen LogP contribution in [-0.2, 0) is 6.42 Å². The van der Waals surface area contributed by atoms with Crippen LogP contribution in [0.1, 0.15) is 33.3 Å². The number of hydrogen-bond acceptors (Lipinski definition) is 0. The van der Waals surface area contributed by atoms with Gasteiger partial charge < -0.3 is 0 Å². The van der Waals surface area contributed by atoms with Gasteiger partial charge in [0.15, 0.2) is 0 Å². The van der Waals surface area contributed by atoms with E-state index in [1.165, 1.54) is 18.4 Å². The van der Waals surface area contributed by atoms with E-state index in [2.05, 4.69) is 44.2 Å². The zero-order valence-electron chi connectivity index (χ0n) is 7.38. The van der Waals surface area contributed by atoms with Crippen molar-refractivity contribution >= 4 is 0 Å². The smallest absolute Gasteiger partial charge is 0.0253 e. The van der Waals surface area contributed by atoms with Gasteiger partial charge >= 0.3 is 0 Å². The largest absolute Gasteiger partial charge is 0.0776 e. The fraction of sp³-hybridized carbons (Fsp3) is 0.500. The van der Waals surface area contributed by atoms with Gasteiger partial charge in [-0.1, -0.05) is 58.0 Å². The molecule has 0 aliphatic heterocycles. The third-order valence-corrected chi connectivity index (χ3v) is 2.12. The van der Waals surface area contributed by atoms with Crippen LogP contribution in [0, 0.1) is 5.92 Å². The van der Waals surface area contributed by atoms with E-state index in [4.69, 9.17) is 0 Å². The Hall–Kier alpha value is -0.780. The predicted octanol–water partition coefficient (Wildman–Crippen LogP) is 3.91. The number of benzene rings is 1. The van der Waals surface area contributed by atoms with Crippen molar-refractivity contribution in [3.05, 3.63) is 35.9 Å². The normalized spacial score (nSPS) is 11.8. The van der Waals surface area contributed by atoms with Gasteiger partial charge in [-0.15, -0.1) is 0 Å². The lowest BCUT2D eigenvalue weighted by atomic mass is 9.99. The Labute approximate surface area is 76.6 Å². The highest BCUT2D eigenvalue weighted by Gasteiger charge is 1.98. The van der Waals surface area contributed by atoms with E-state index in [0.717, 1.165) is 5.92 Å². The molecule has 0 radical (unpaired) electrons. The number of hydrogen-bond donors (Lipinski definition) is 0. The Morgan fingerprint density at radius 2 is 1.75 bits per heavy atom. The summed E-state index contributed by atoms with van der Waals surface area (Å²) in [5.41, 5.74) is 1.46. The minimum absolute atomic E-state index is 0. The molecular weight excluding hydrogens is 144 g/mol. The van der Waals surface area contributed by atoms with Gasteiger partial charge in [0.25, 0.3) is 0 Å². The molecule has 0 spiro atoms. The predicted molar refractivity (Wildman–Crippen MR) is 56.3 cm³/mol. The van der Waals surface area contributed by atoms with Crippen molar-refractivity contribution in [3.8, 4) is 0 Å². The Kier molecular flexibility index (Phi) is 5.44. The third kappa shape index (κ3) is 3.56. The maximum absolute atomic E-state index is 2.30. The van der Waals surface area contributed by atoms with Crippen LogP contribution in [0.25, 0.3) is 0 Å². The van der Waals surface area contributed by atoms with E-state index in [0.29, 0.717) is 0 Å². The molecule has 1 rings (SSSR count). The molecule has 0 aliphatic rings. The molecule has 68 valence electrons. The quantitative estimate of drug-likeness (QED) is 0.635. The van der Waals surface area contributed by atoms with E-state index in [1.807, 2.05) is 0 Å². The maximum Gasteiger partial charge on any atom is -0.0253 e. The molecular formula is C12H20. The molecule has 0 amide bonds. The summed E-state index contributed by atoms with van der Waals surface area (Å²) < 4.78 is 0. The summed E-state index contributed by atoms with van der Waals surface area (Å²) in [7, 11) is 0. The summed E-state index contributed by atoms with van der Waals surface area (Å²) in [6.45, 7) is 4.54. The Morgan fingerprint density at radius 3 is 2.25 bits per heavy atom. The van der Waals surface area contributed by atoms with Gasteiger partial charge in [-0.2, -0.15) is 0 Å². The molecule has 12 heavy (non-hydrogen) atoms. The molecule has 1 atom stereocenters. The van der Waals surface area contributed by atoms with E-state index < -0.39 is 0 Å². The molecule has 0 aliphatic carbocycles. The molecule has 0 heteroatoms. The zero-order valence-corrected chi connectivity index (χ0v) is 7.38. The molecule has 0 bridgehead atoms. The Bertz CT molecular complexity index is 188. The second kappa shape index (κ2) is 5.82. The fourth-order valence-corrected chi connectivity index (χ4v) is 1.16. The first-order chi connectivity index (χ1) is 5.33. The maximum atomic E-state index is 2.30. The van der Waals surface area contributed by atoms with Crippen molar-refractivity contribution in [2.45, 2.75) is 34.1 Å². The van der Waals surface area contributed by atoms with Gasteiger partial charge in [0.1, 0.15) is 0 Å². The second-order valence-electron chi connectivity index (χ2n) is 3.20. The zero-order chi connectivity index (χ0) is 8.10. The van der Waals surface area contributed by atoms with Crippen molar-refractivity contribution in [2.75, 3.05) is 0 Å². The minimum Gasteiger partial charge on any atom is -0.0776 e. The first-order valence-electron chi connectivity index (χ1n) is 4.37. The van der Waals surface area contributed by atoms with Crippen LogP contribution in [0.5, 0.6) is 0 Å². The van der Waals surface area contributed by atoms with Crippen LogP contribution >= 0.6 is 0 Å². The first-order valence-corrected chi connectivity index (χ1v) is 4.37. The van der Waals surface area contributed by atoms with Crippen LogP contribution in [0.15, 0.2) is 30.3 Å². The number of rotatable bonds is 3. The SMILES string of the molecule is C.CC[C@@H](C)Cc1ccccc1. The molecule has 0 saturated heterocycles.